The van der Waals surface area contributed by atoms with Crippen LogP contribution in [0.1, 0.15) is 50.3 Å². The Labute approximate surface area is 181 Å². The first-order valence-corrected chi connectivity index (χ1v) is 10.9. The zero-order valence-electron chi connectivity index (χ0n) is 18.3. The van der Waals surface area contributed by atoms with Crippen LogP contribution in [0.15, 0.2) is 84.9 Å². The van der Waals surface area contributed by atoms with Crippen molar-refractivity contribution >= 4 is 11.1 Å². The van der Waals surface area contributed by atoms with E-state index in [0.29, 0.717) is 13.2 Å². The van der Waals surface area contributed by atoms with Gasteiger partial charge in [0.15, 0.2) is 0 Å². The quantitative estimate of drug-likeness (QED) is 0.263. The van der Waals surface area contributed by atoms with Gasteiger partial charge in [0.1, 0.15) is 12.4 Å². The third kappa shape index (κ3) is 6.08. The Balaban J connectivity index is 1.95. The van der Waals surface area contributed by atoms with Gasteiger partial charge in [0.05, 0.1) is 12.7 Å². The van der Waals surface area contributed by atoms with Gasteiger partial charge in [0.2, 0.25) is 0 Å². The number of hydrogen-bond acceptors (Lipinski definition) is 2. The number of allylic oxidation sites excluding steroid dienone is 1. The fourth-order valence-corrected chi connectivity index (χ4v) is 3.58. The van der Waals surface area contributed by atoms with Gasteiger partial charge in [-0.15, -0.1) is 0 Å². The van der Waals surface area contributed by atoms with Crippen LogP contribution in [0.4, 0.5) is 0 Å². The molecule has 3 aromatic carbocycles. The van der Waals surface area contributed by atoms with E-state index in [-0.39, 0.29) is 6.10 Å². The Morgan fingerprint density at radius 1 is 0.700 bits per heavy atom. The van der Waals surface area contributed by atoms with Gasteiger partial charge in [-0.05, 0) is 60.2 Å². The highest BCUT2D eigenvalue weighted by molar-refractivity contribution is 5.98. The van der Waals surface area contributed by atoms with E-state index in [1.807, 2.05) is 13.8 Å². The monoisotopic (exact) mass is 400 g/mol. The van der Waals surface area contributed by atoms with Gasteiger partial charge in [0.25, 0.3) is 0 Å². The van der Waals surface area contributed by atoms with Crippen molar-refractivity contribution in [3.05, 3.63) is 102 Å². The SMILES string of the molecule is CCC/C(=C(\c1ccccc1)c1ccc(OCCOC(C)C)cc1)c1ccccc1. The average Bonchev–Trinajstić information content (AvgIpc) is 2.78. The molecule has 3 aromatic rings. The van der Waals surface area contributed by atoms with Crippen LogP contribution in [-0.4, -0.2) is 19.3 Å². The minimum Gasteiger partial charge on any atom is -0.491 e. The molecule has 2 heteroatoms. The molecule has 0 radical (unpaired) electrons. The smallest absolute Gasteiger partial charge is 0.119 e. The van der Waals surface area contributed by atoms with Crippen molar-refractivity contribution in [2.24, 2.45) is 0 Å². The molecule has 156 valence electrons. The van der Waals surface area contributed by atoms with Gasteiger partial charge >= 0.3 is 0 Å². The van der Waals surface area contributed by atoms with Crippen molar-refractivity contribution in [2.75, 3.05) is 13.2 Å². The standard InChI is InChI=1S/C28H32O2/c1-4-11-27(23-12-7-5-8-13-23)28(24-14-9-6-10-15-24)25-16-18-26(19-17-25)30-21-20-29-22(2)3/h5-10,12-19,22H,4,11,20-21H2,1-3H3/b28-27-. The maximum absolute atomic E-state index is 5.85. The Kier molecular flexibility index (Phi) is 8.29. The van der Waals surface area contributed by atoms with Gasteiger partial charge in [-0.1, -0.05) is 86.1 Å². The summed E-state index contributed by atoms with van der Waals surface area (Å²) in [6, 6.07) is 29.8. The van der Waals surface area contributed by atoms with Crippen LogP contribution in [0.2, 0.25) is 0 Å². The van der Waals surface area contributed by atoms with Crippen molar-refractivity contribution < 1.29 is 9.47 Å². The topological polar surface area (TPSA) is 18.5 Å². The van der Waals surface area contributed by atoms with E-state index < -0.39 is 0 Å². The lowest BCUT2D eigenvalue weighted by molar-refractivity contribution is 0.0553. The molecule has 0 fully saturated rings. The van der Waals surface area contributed by atoms with Crippen LogP contribution in [0.25, 0.3) is 11.1 Å². The van der Waals surface area contributed by atoms with E-state index in [2.05, 4.69) is 91.9 Å². The summed E-state index contributed by atoms with van der Waals surface area (Å²) in [4.78, 5) is 0. The number of ether oxygens (including phenoxy) is 2. The van der Waals surface area contributed by atoms with E-state index in [9.17, 15) is 0 Å². The molecular weight excluding hydrogens is 368 g/mol. The van der Waals surface area contributed by atoms with E-state index >= 15 is 0 Å². The molecule has 0 amide bonds. The highest BCUT2D eigenvalue weighted by Crippen LogP contribution is 2.35. The molecule has 0 aliphatic rings. The molecule has 0 N–H and O–H groups in total. The van der Waals surface area contributed by atoms with Gasteiger partial charge in [-0.25, -0.2) is 0 Å². The molecule has 0 spiro atoms. The Hall–Kier alpha value is -2.84. The summed E-state index contributed by atoms with van der Waals surface area (Å²) in [6.07, 6.45) is 2.35. The van der Waals surface area contributed by atoms with E-state index in [1.54, 1.807) is 0 Å². The van der Waals surface area contributed by atoms with Crippen LogP contribution >= 0.6 is 0 Å². The van der Waals surface area contributed by atoms with E-state index in [4.69, 9.17) is 9.47 Å². The Morgan fingerprint density at radius 2 is 1.27 bits per heavy atom. The molecule has 0 unspecified atom stereocenters. The molecule has 0 bridgehead atoms. The van der Waals surface area contributed by atoms with Crippen molar-refractivity contribution in [2.45, 2.75) is 39.7 Å². The molecule has 2 nitrogen and oxygen atoms in total. The number of rotatable bonds is 10. The second kappa shape index (κ2) is 11.4. The lowest BCUT2D eigenvalue weighted by atomic mass is 9.87. The summed E-state index contributed by atoms with van der Waals surface area (Å²) >= 11 is 0. The predicted octanol–water partition coefficient (Wildman–Crippen LogP) is 7.25. The van der Waals surface area contributed by atoms with Gasteiger partial charge in [-0.2, -0.15) is 0 Å². The molecule has 0 atom stereocenters. The molecule has 0 heterocycles. The van der Waals surface area contributed by atoms with Gasteiger partial charge < -0.3 is 9.47 Å². The fraction of sp³-hybridized carbons (Fsp3) is 0.286. The van der Waals surface area contributed by atoms with Crippen LogP contribution in [-0.2, 0) is 4.74 Å². The lowest BCUT2D eigenvalue weighted by Gasteiger charge is -2.17. The minimum atomic E-state index is 0.226. The second-order valence-corrected chi connectivity index (χ2v) is 7.63. The zero-order chi connectivity index (χ0) is 21.2. The molecule has 0 aliphatic heterocycles. The van der Waals surface area contributed by atoms with Crippen molar-refractivity contribution in [3.8, 4) is 5.75 Å². The largest absolute Gasteiger partial charge is 0.491 e. The molecule has 0 aliphatic carbocycles. The van der Waals surface area contributed by atoms with E-state index in [0.717, 1.165) is 18.6 Å². The fourth-order valence-electron chi connectivity index (χ4n) is 3.58. The Morgan fingerprint density at radius 3 is 1.83 bits per heavy atom. The number of hydrogen-bond donors (Lipinski definition) is 0. The second-order valence-electron chi connectivity index (χ2n) is 7.63. The maximum atomic E-state index is 5.85. The van der Waals surface area contributed by atoms with E-state index in [1.165, 1.54) is 27.8 Å². The molecule has 0 saturated heterocycles. The minimum absolute atomic E-state index is 0.226. The average molecular weight is 401 g/mol. The van der Waals surface area contributed by atoms with Crippen molar-refractivity contribution in [3.63, 3.8) is 0 Å². The van der Waals surface area contributed by atoms with Crippen LogP contribution in [0.5, 0.6) is 5.75 Å². The van der Waals surface area contributed by atoms with Gasteiger partial charge in [0, 0.05) is 0 Å². The zero-order valence-corrected chi connectivity index (χ0v) is 18.3. The number of benzene rings is 3. The summed E-state index contributed by atoms with van der Waals surface area (Å²) in [5, 5.41) is 0. The first-order chi connectivity index (χ1) is 14.7. The molecular formula is C28H32O2. The molecule has 0 aromatic heterocycles. The van der Waals surface area contributed by atoms with Crippen LogP contribution in [0.3, 0.4) is 0 Å². The third-order valence-electron chi connectivity index (χ3n) is 4.93. The highest BCUT2D eigenvalue weighted by Gasteiger charge is 2.13. The predicted molar refractivity (Wildman–Crippen MR) is 127 cm³/mol. The summed E-state index contributed by atoms with van der Waals surface area (Å²) in [5.74, 6) is 0.871. The van der Waals surface area contributed by atoms with Crippen LogP contribution in [0, 0.1) is 0 Å². The first kappa shape index (κ1) is 21.9. The van der Waals surface area contributed by atoms with Crippen molar-refractivity contribution in [1.29, 1.82) is 0 Å². The lowest BCUT2D eigenvalue weighted by Crippen LogP contribution is -2.11. The maximum Gasteiger partial charge on any atom is 0.119 e. The summed E-state index contributed by atoms with van der Waals surface area (Å²) < 4.78 is 11.4. The summed E-state index contributed by atoms with van der Waals surface area (Å²) in [6.45, 7) is 7.47. The molecule has 0 saturated carbocycles. The first-order valence-electron chi connectivity index (χ1n) is 10.9. The third-order valence-corrected chi connectivity index (χ3v) is 4.93. The molecule has 3 rings (SSSR count). The summed E-state index contributed by atoms with van der Waals surface area (Å²) in [7, 11) is 0. The highest BCUT2D eigenvalue weighted by atomic mass is 16.5. The van der Waals surface area contributed by atoms with Crippen LogP contribution < -0.4 is 4.74 Å². The molecule has 30 heavy (non-hydrogen) atoms. The summed E-state index contributed by atoms with van der Waals surface area (Å²) in [5.41, 5.74) is 6.40. The Bertz CT molecular complexity index is 910. The normalized spacial score (nSPS) is 12.0. The van der Waals surface area contributed by atoms with Crippen molar-refractivity contribution in [1.82, 2.24) is 0 Å². The van der Waals surface area contributed by atoms with Gasteiger partial charge in [-0.3, -0.25) is 0 Å².